The number of rotatable bonds is 7. The minimum Gasteiger partial charge on any atom is -0.368 e. The van der Waals surface area contributed by atoms with Crippen molar-refractivity contribution in [3.05, 3.63) is 65.0 Å². The molecule has 3 N–H and O–H groups in total. The second kappa shape index (κ2) is 8.02. The molecule has 2 atom stereocenters. The van der Waals surface area contributed by atoms with Crippen LogP contribution in [0.3, 0.4) is 0 Å². The number of carbonyl (C=O) groups is 1. The van der Waals surface area contributed by atoms with Gasteiger partial charge in [0.1, 0.15) is 5.82 Å². The maximum absolute atomic E-state index is 13.8. The summed E-state index contributed by atoms with van der Waals surface area (Å²) in [5.41, 5.74) is 8.55. The standard InChI is InChI=1S/C20H23FN2OS/c1-13(20(22)24)23-11-14-6-9-19-17(10-14)16(12-25-19)8-7-15-4-2-3-5-18(15)21/h2-6,9-10,13,16,23H,7-8,11-12H2,1H3,(H2,22,24). The van der Waals surface area contributed by atoms with Gasteiger partial charge in [-0.05, 0) is 54.5 Å². The van der Waals surface area contributed by atoms with Gasteiger partial charge >= 0.3 is 0 Å². The molecule has 1 aliphatic rings. The molecule has 0 aromatic heterocycles. The first-order chi connectivity index (χ1) is 12.0. The van der Waals surface area contributed by atoms with Crippen LogP contribution >= 0.6 is 11.8 Å². The number of thioether (sulfide) groups is 1. The Labute approximate surface area is 152 Å². The van der Waals surface area contributed by atoms with Crippen molar-refractivity contribution in [2.75, 3.05) is 5.75 Å². The lowest BCUT2D eigenvalue weighted by atomic mass is 9.93. The van der Waals surface area contributed by atoms with Crippen LogP contribution in [-0.2, 0) is 17.8 Å². The van der Waals surface area contributed by atoms with Gasteiger partial charge in [0.25, 0.3) is 0 Å². The number of fused-ring (bicyclic) bond motifs is 1. The fourth-order valence-corrected chi connectivity index (χ4v) is 4.36. The number of carbonyl (C=O) groups excluding carboxylic acids is 1. The predicted octanol–water partition coefficient (Wildman–Crippen LogP) is 3.61. The van der Waals surface area contributed by atoms with Gasteiger partial charge in [0, 0.05) is 17.2 Å². The Bertz CT molecular complexity index is 765. The first-order valence-electron chi connectivity index (χ1n) is 8.56. The molecule has 2 aromatic rings. The summed E-state index contributed by atoms with van der Waals surface area (Å²) in [6.45, 7) is 2.38. The molecule has 1 amide bonds. The van der Waals surface area contributed by atoms with Crippen LogP contribution in [0.25, 0.3) is 0 Å². The van der Waals surface area contributed by atoms with Crippen molar-refractivity contribution < 1.29 is 9.18 Å². The van der Waals surface area contributed by atoms with Crippen molar-refractivity contribution in [3.63, 3.8) is 0 Å². The van der Waals surface area contributed by atoms with Crippen molar-refractivity contribution in [1.82, 2.24) is 5.32 Å². The molecule has 25 heavy (non-hydrogen) atoms. The molecular formula is C20H23FN2OS. The predicted molar refractivity (Wildman–Crippen MR) is 100 cm³/mol. The second-order valence-electron chi connectivity index (χ2n) is 6.52. The SMILES string of the molecule is CC(NCc1ccc2c(c1)C(CCc1ccccc1F)CS2)C(N)=O. The van der Waals surface area contributed by atoms with E-state index in [-0.39, 0.29) is 17.8 Å². The summed E-state index contributed by atoms with van der Waals surface area (Å²) < 4.78 is 13.8. The quantitative estimate of drug-likeness (QED) is 0.795. The molecule has 0 saturated heterocycles. The highest BCUT2D eigenvalue weighted by Gasteiger charge is 2.23. The Morgan fingerprint density at radius 1 is 1.36 bits per heavy atom. The fourth-order valence-electron chi connectivity index (χ4n) is 3.08. The molecule has 0 saturated carbocycles. The summed E-state index contributed by atoms with van der Waals surface area (Å²) in [6, 6.07) is 13.1. The van der Waals surface area contributed by atoms with E-state index in [9.17, 15) is 9.18 Å². The molecule has 2 aromatic carbocycles. The van der Waals surface area contributed by atoms with Crippen LogP contribution in [0.2, 0.25) is 0 Å². The number of benzene rings is 2. The number of primary amides is 1. The van der Waals surface area contributed by atoms with Crippen LogP contribution in [0.15, 0.2) is 47.4 Å². The maximum Gasteiger partial charge on any atom is 0.234 e. The molecule has 5 heteroatoms. The minimum atomic E-state index is -0.348. The van der Waals surface area contributed by atoms with Gasteiger partial charge in [-0.25, -0.2) is 4.39 Å². The summed E-state index contributed by atoms with van der Waals surface area (Å²) in [5, 5.41) is 3.14. The zero-order chi connectivity index (χ0) is 17.8. The normalized spacial score (nSPS) is 17.3. The summed E-state index contributed by atoms with van der Waals surface area (Å²) in [4.78, 5) is 12.4. The van der Waals surface area contributed by atoms with Crippen molar-refractivity contribution in [3.8, 4) is 0 Å². The van der Waals surface area contributed by atoms with Crippen LogP contribution in [-0.4, -0.2) is 17.7 Å². The van der Waals surface area contributed by atoms with Gasteiger partial charge in [0.15, 0.2) is 0 Å². The van der Waals surface area contributed by atoms with Gasteiger partial charge in [-0.2, -0.15) is 0 Å². The number of hydrogen-bond donors (Lipinski definition) is 2. The van der Waals surface area contributed by atoms with E-state index in [0.29, 0.717) is 12.5 Å². The Morgan fingerprint density at radius 2 is 2.16 bits per heavy atom. The average molecular weight is 358 g/mol. The molecular weight excluding hydrogens is 335 g/mol. The maximum atomic E-state index is 13.8. The van der Waals surface area contributed by atoms with E-state index in [0.717, 1.165) is 29.7 Å². The smallest absolute Gasteiger partial charge is 0.234 e. The van der Waals surface area contributed by atoms with Crippen LogP contribution in [0.4, 0.5) is 4.39 Å². The molecule has 132 valence electrons. The molecule has 3 rings (SSSR count). The van der Waals surface area contributed by atoms with Crippen molar-refractivity contribution in [1.29, 1.82) is 0 Å². The molecule has 2 unspecified atom stereocenters. The summed E-state index contributed by atoms with van der Waals surface area (Å²) in [6.07, 6.45) is 1.69. The van der Waals surface area contributed by atoms with Crippen LogP contribution in [0.5, 0.6) is 0 Å². The number of hydrogen-bond acceptors (Lipinski definition) is 3. The lowest BCUT2D eigenvalue weighted by Crippen LogP contribution is -2.38. The topological polar surface area (TPSA) is 55.1 Å². The highest BCUT2D eigenvalue weighted by Crippen LogP contribution is 2.42. The van der Waals surface area contributed by atoms with Gasteiger partial charge in [-0.3, -0.25) is 4.79 Å². The number of nitrogens with two attached hydrogens (primary N) is 1. The monoisotopic (exact) mass is 358 g/mol. The molecule has 0 bridgehead atoms. The van der Waals surface area contributed by atoms with Gasteiger partial charge in [-0.15, -0.1) is 11.8 Å². The summed E-state index contributed by atoms with van der Waals surface area (Å²) in [7, 11) is 0. The number of halogens is 1. The largest absolute Gasteiger partial charge is 0.368 e. The number of amides is 1. The Kier molecular flexibility index (Phi) is 5.76. The van der Waals surface area contributed by atoms with E-state index in [4.69, 9.17) is 5.73 Å². The molecule has 1 aliphatic heterocycles. The zero-order valence-corrected chi connectivity index (χ0v) is 15.1. The highest BCUT2D eigenvalue weighted by molar-refractivity contribution is 7.99. The lowest BCUT2D eigenvalue weighted by Gasteiger charge is -2.14. The van der Waals surface area contributed by atoms with E-state index in [2.05, 4.69) is 23.5 Å². The lowest BCUT2D eigenvalue weighted by molar-refractivity contribution is -0.119. The molecule has 1 heterocycles. The van der Waals surface area contributed by atoms with E-state index in [1.807, 2.05) is 23.9 Å². The Morgan fingerprint density at radius 3 is 2.92 bits per heavy atom. The third kappa shape index (κ3) is 4.41. The third-order valence-electron chi connectivity index (χ3n) is 4.71. The molecule has 3 nitrogen and oxygen atoms in total. The van der Waals surface area contributed by atoms with Crippen molar-refractivity contribution >= 4 is 17.7 Å². The Balaban J connectivity index is 1.65. The minimum absolute atomic E-state index is 0.119. The first kappa shape index (κ1) is 18.0. The highest BCUT2D eigenvalue weighted by atomic mass is 32.2. The summed E-state index contributed by atoms with van der Waals surface area (Å²) in [5.74, 6) is 1.01. The van der Waals surface area contributed by atoms with Gasteiger partial charge in [0.2, 0.25) is 5.91 Å². The van der Waals surface area contributed by atoms with Gasteiger partial charge < -0.3 is 11.1 Å². The zero-order valence-electron chi connectivity index (χ0n) is 14.3. The van der Waals surface area contributed by atoms with E-state index in [1.54, 1.807) is 13.0 Å². The van der Waals surface area contributed by atoms with Crippen LogP contribution in [0.1, 0.15) is 36.0 Å². The van der Waals surface area contributed by atoms with E-state index >= 15 is 0 Å². The van der Waals surface area contributed by atoms with Crippen molar-refractivity contribution in [2.24, 2.45) is 5.73 Å². The molecule has 0 fully saturated rings. The third-order valence-corrected chi connectivity index (χ3v) is 5.96. The van der Waals surface area contributed by atoms with E-state index in [1.165, 1.54) is 16.5 Å². The summed E-state index contributed by atoms with van der Waals surface area (Å²) >= 11 is 1.87. The molecule has 0 spiro atoms. The number of nitrogens with one attached hydrogen (secondary N) is 1. The van der Waals surface area contributed by atoms with Gasteiger partial charge in [0.05, 0.1) is 6.04 Å². The van der Waals surface area contributed by atoms with Gasteiger partial charge in [-0.1, -0.05) is 30.3 Å². The molecule has 0 aliphatic carbocycles. The van der Waals surface area contributed by atoms with Crippen molar-refractivity contribution in [2.45, 2.75) is 43.2 Å². The Hall–Kier alpha value is -1.85. The molecule has 0 radical (unpaired) electrons. The number of aryl methyl sites for hydroxylation is 1. The second-order valence-corrected chi connectivity index (χ2v) is 7.58. The fraction of sp³-hybridized carbons (Fsp3) is 0.350. The average Bonchev–Trinajstić information content (AvgIpc) is 3.01. The van der Waals surface area contributed by atoms with E-state index < -0.39 is 0 Å². The van der Waals surface area contributed by atoms with Crippen LogP contribution in [0, 0.1) is 5.82 Å². The first-order valence-corrected chi connectivity index (χ1v) is 9.55. The van der Waals surface area contributed by atoms with Crippen LogP contribution < -0.4 is 11.1 Å².